The van der Waals surface area contributed by atoms with E-state index >= 15 is 0 Å². The van der Waals surface area contributed by atoms with Crippen LogP contribution in [0.5, 0.6) is 0 Å². The van der Waals surface area contributed by atoms with E-state index in [1.54, 1.807) is 23.3 Å². The van der Waals surface area contributed by atoms with Crippen LogP contribution < -0.4 is 4.90 Å². The monoisotopic (exact) mass is 306 g/mol. The molecule has 3 rings (SSSR count). The van der Waals surface area contributed by atoms with E-state index in [-0.39, 0.29) is 5.28 Å². The molecule has 1 saturated carbocycles. The third-order valence-corrected chi connectivity index (χ3v) is 4.26. The molecule has 2 aromatic rings. The Labute approximate surface area is 129 Å². The van der Waals surface area contributed by atoms with Crippen LogP contribution in [0.4, 0.5) is 5.95 Å². The van der Waals surface area contributed by atoms with E-state index in [2.05, 4.69) is 31.8 Å². The van der Waals surface area contributed by atoms with Gasteiger partial charge in [0.2, 0.25) is 17.2 Å². The average molecular weight is 307 g/mol. The summed E-state index contributed by atoms with van der Waals surface area (Å²) in [4.78, 5) is 19.1. The van der Waals surface area contributed by atoms with Crippen molar-refractivity contribution in [3.8, 4) is 5.95 Å². The fourth-order valence-corrected chi connectivity index (χ4v) is 3.05. The van der Waals surface area contributed by atoms with Crippen LogP contribution in [0.25, 0.3) is 5.95 Å². The number of nitrogens with zero attached hydrogens (tertiary/aromatic N) is 6. The first-order valence-corrected chi connectivity index (χ1v) is 7.64. The Bertz CT molecular complexity index is 600. The van der Waals surface area contributed by atoms with Gasteiger partial charge in [0.15, 0.2) is 0 Å². The van der Waals surface area contributed by atoms with E-state index in [0.717, 1.165) is 5.92 Å². The van der Waals surface area contributed by atoms with Gasteiger partial charge in [0.05, 0.1) is 0 Å². The minimum atomic E-state index is 0.208. The summed E-state index contributed by atoms with van der Waals surface area (Å²) in [5.74, 6) is 1.87. The van der Waals surface area contributed by atoms with Crippen molar-refractivity contribution >= 4 is 17.5 Å². The summed E-state index contributed by atoms with van der Waals surface area (Å²) in [6.45, 7) is 2.30. The van der Waals surface area contributed by atoms with Crippen molar-refractivity contribution in [2.75, 3.05) is 11.9 Å². The Hall–Kier alpha value is -1.69. The first kappa shape index (κ1) is 14.3. The second-order valence-corrected chi connectivity index (χ2v) is 6.05. The van der Waals surface area contributed by atoms with Crippen LogP contribution in [0.2, 0.25) is 5.28 Å². The minimum Gasteiger partial charge on any atom is -0.341 e. The molecule has 1 fully saturated rings. The van der Waals surface area contributed by atoms with E-state index in [0.29, 0.717) is 17.9 Å². The van der Waals surface area contributed by atoms with Crippen LogP contribution in [0.15, 0.2) is 18.7 Å². The molecule has 0 aromatic carbocycles. The van der Waals surface area contributed by atoms with Crippen molar-refractivity contribution in [1.29, 1.82) is 0 Å². The zero-order valence-corrected chi connectivity index (χ0v) is 13.0. The second kappa shape index (κ2) is 5.97. The maximum Gasteiger partial charge on any atom is 0.241 e. The fourth-order valence-electron chi connectivity index (χ4n) is 2.90. The largest absolute Gasteiger partial charge is 0.341 e. The van der Waals surface area contributed by atoms with E-state index in [1.165, 1.54) is 25.7 Å². The minimum absolute atomic E-state index is 0.208. The third kappa shape index (κ3) is 3.15. The number of halogens is 1. The molecule has 6 nitrogen and oxygen atoms in total. The van der Waals surface area contributed by atoms with Gasteiger partial charge >= 0.3 is 0 Å². The lowest BCUT2D eigenvalue weighted by atomic mass is 9.86. The molecule has 21 heavy (non-hydrogen) atoms. The van der Waals surface area contributed by atoms with Gasteiger partial charge < -0.3 is 4.90 Å². The highest BCUT2D eigenvalue weighted by Crippen LogP contribution is 2.28. The van der Waals surface area contributed by atoms with Gasteiger partial charge in [-0.05, 0) is 30.4 Å². The number of hydrogen-bond donors (Lipinski definition) is 0. The molecule has 2 atom stereocenters. The molecule has 7 heteroatoms. The summed E-state index contributed by atoms with van der Waals surface area (Å²) in [6, 6.07) is 0.461. The van der Waals surface area contributed by atoms with Crippen LogP contribution in [-0.2, 0) is 0 Å². The SMILES string of the molecule is CC1CCCC(N(C)c2nc(Cl)nc(-n3ccnc3)n2)C1. The molecule has 0 spiro atoms. The number of imidazole rings is 1. The standard InChI is InChI=1S/C14H19ClN6/c1-10-4-3-5-11(8-10)20(2)13-17-12(15)18-14(19-13)21-7-6-16-9-21/h6-7,9-11H,3-5,8H2,1-2H3. The van der Waals surface area contributed by atoms with Crippen molar-refractivity contribution in [3.63, 3.8) is 0 Å². The van der Waals surface area contributed by atoms with Crippen LogP contribution in [0.1, 0.15) is 32.6 Å². The smallest absolute Gasteiger partial charge is 0.241 e. The Morgan fingerprint density at radius 2 is 2.14 bits per heavy atom. The molecule has 0 radical (unpaired) electrons. The molecule has 1 aliphatic carbocycles. The highest BCUT2D eigenvalue weighted by Gasteiger charge is 2.24. The summed E-state index contributed by atoms with van der Waals surface area (Å²) < 4.78 is 1.73. The first-order valence-electron chi connectivity index (χ1n) is 7.26. The quantitative estimate of drug-likeness (QED) is 0.872. The van der Waals surface area contributed by atoms with E-state index in [9.17, 15) is 0 Å². The molecule has 0 amide bonds. The van der Waals surface area contributed by atoms with Gasteiger partial charge in [-0.1, -0.05) is 19.8 Å². The summed E-state index contributed by atoms with van der Waals surface area (Å²) in [6.07, 6.45) is 10.0. The molecular weight excluding hydrogens is 288 g/mol. The molecule has 0 aliphatic heterocycles. The molecule has 0 bridgehead atoms. The maximum absolute atomic E-state index is 6.06. The summed E-state index contributed by atoms with van der Waals surface area (Å²) >= 11 is 6.06. The fraction of sp³-hybridized carbons (Fsp3) is 0.571. The molecule has 2 aromatic heterocycles. The van der Waals surface area contributed by atoms with Gasteiger partial charge in [0.25, 0.3) is 0 Å². The maximum atomic E-state index is 6.06. The molecule has 1 aliphatic rings. The van der Waals surface area contributed by atoms with Crippen molar-refractivity contribution in [2.24, 2.45) is 5.92 Å². The Kier molecular flexibility index (Phi) is 4.05. The predicted molar refractivity (Wildman–Crippen MR) is 81.8 cm³/mol. The second-order valence-electron chi connectivity index (χ2n) is 5.71. The molecule has 0 saturated heterocycles. The Balaban J connectivity index is 1.87. The zero-order valence-electron chi connectivity index (χ0n) is 12.3. The van der Waals surface area contributed by atoms with Crippen molar-refractivity contribution < 1.29 is 0 Å². The lowest BCUT2D eigenvalue weighted by molar-refractivity contribution is 0.334. The van der Waals surface area contributed by atoms with Gasteiger partial charge in [-0.25, -0.2) is 4.98 Å². The number of rotatable bonds is 3. The predicted octanol–water partition coefficient (Wildman–Crippen LogP) is 2.73. The lowest BCUT2D eigenvalue weighted by Gasteiger charge is -2.34. The molecular formula is C14H19ClN6. The van der Waals surface area contributed by atoms with Crippen LogP contribution in [0.3, 0.4) is 0 Å². The third-order valence-electron chi connectivity index (χ3n) is 4.09. The van der Waals surface area contributed by atoms with Gasteiger partial charge in [-0.3, -0.25) is 4.57 Å². The van der Waals surface area contributed by atoms with Crippen molar-refractivity contribution in [3.05, 3.63) is 24.0 Å². The molecule has 112 valence electrons. The summed E-state index contributed by atoms with van der Waals surface area (Å²) in [7, 11) is 2.03. The zero-order chi connectivity index (χ0) is 14.8. The van der Waals surface area contributed by atoms with Crippen LogP contribution in [-0.4, -0.2) is 37.6 Å². The highest BCUT2D eigenvalue weighted by atomic mass is 35.5. The Morgan fingerprint density at radius 1 is 1.29 bits per heavy atom. The van der Waals surface area contributed by atoms with Gasteiger partial charge in [-0.15, -0.1) is 0 Å². The average Bonchev–Trinajstić information content (AvgIpc) is 3.00. The molecule has 2 heterocycles. The highest BCUT2D eigenvalue weighted by molar-refractivity contribution is 6.28. The number of aromatic nitrogens is 5. The number of hydrogen-bond acceptors (Lipinski definition) is 5. The van der Waals surface area contributed by atoms with E-state index in [4.69, 9.17) is 11.6 Å². The molecule has 0 N–H and O–H groups in total. The topological polar surface area (TPSA) is 59.7 Å². The van der Waals surface area contributed by atoms with Gasteiger partial charge in [0, 0.05) is 25.5 Å². The van der Waals surface area contributed by atoms with Crippen molar-refractivity contribution in [2.45, 2.75) is 38.6 Å². The lowest BCUT2D eigenvalue weighted by Crippen LogP contribution is -2.36. The molecule has 2 unspecified atom stereocenters. The summed E-state index contributed by atoms with van der Waals surface area (Å²) in [5.41, 5.74) is 0. The number of anilines is 1. The van der Waals surface area contributed by atoms with Crippen molar-refractivity contribution in [1.82, 2.24) is 24.5 Å². The van der Waals surface area contributed by atoms with Gasteiger partial charge in [0.1, 0.15) is 6.33 Å². The van der Waals surface area contributed by atoms with Crippen LogP contribution in [0, 0.1) is 5.92 Å². The first-order chi connectivity index (χ1) is 10.1. The normalized spacial score (nSPS) is 22.2. The van der Waals surface area contributed by atoms with Crippen LogP contribution >= 0.6 is 11.6 Å². The van der Waals surface area contributed by atoms with E-state index in [1.807, 2.05) is 7.05 Å². The van der Waals surface area contributed by atoms with E-state index < -0.39 is 0 Å². The Morgan fingerprint density at radius 3 is 2.86 bits per heavy atom. The summed E-state index contributed by atoms with van der Waals surface area (Å²) in [5, 5.41) is 0.208. The van der Waals surface area contributed by atoms with Gasteiger partial charge in [-0.2, -0.15) is 15.0 Å².